The van der Waals surface area contributed by atoms with Gasteiger partial charge in [0.25, 0.3) is 0 Å². The number of carbonyl (C=O) groups excluding carboxylic acids is 2. The highest BCUT2D eigenvalue weighted by molar-refractivity contribution is 5.77. The summed E-state index contributed by atoms with van der Waals surface area (Å²) in [7, 11) is 0. The van der Waals surface area contributed by atoms with Crippen LogP contribution in [0.4, 0.5) is 0 Å². The van der Waals surface area contributed by atoms with Crippen molar-refractivity contribution in [1.82, 2.24) is 0 Å². The van der Waals surface area contributed by atoms with Gasteiger partial charge in [0.1, 0.15) is 11.9 Å². The molecule has 1 aromatic carbocycles. The van der Waals surface area contributed by atoms with Gasteiger partial charge in [0.2, 0.25) is 0 Å². The van der Waals surface area contributed by atoms with Gasteiger partial charge < -0.3 is 14.2 Å². The van der Waals surface area contributed by atoms with Crippen LogP contribution in [0.2, 0.25) is 0 Å². The van der Waals surface area contributed by atoms with E-state index in [4.69, 9.17) is 14.2 Å². The number of rotatable bonds is 7. The second-order valence-electron chi connectivity index (χ2n) is 8.13. The van der Waals surface area contributed by atoms with E-state index in [9.17, 15) is 9.59 Å². The van der Waals surface area contributed by atoms with Crippen molar-refractivity contribution in [2.24, 2.45) is 17.8 Å². The number of aryl methyl sites for hydroxylation is 2. The number of carbonyl (C=O) groups is 2. The third-order valence-electron chi connectivity index (χ3n) is 5.15. The summed E-state index contributed by atoms with van der Waals surface area (Å²) in [4.78, 5) is 24.0. The largest absolute Gasteiger partial charge is 0.482 e. The van der Waals surface area contributed by atoms with Gasteiger partial charge in [0, 0.05) is 0 Å². The van der Waals surface area contributed by atoms with Crippen LogP contribution in [0.25, 0.3) is 0 Å². The number of hydrogen-bond acceptors (Lipinski definition) is 5. The van der Waals surface area contributed by atoms with E-state index in [1.165, 1.54) is 6.42 Å². The molecule has 0 aromatic heterocycles. The van der Waals surface area contributed by atoms with Gasteiger partial charge in [0.05, 0.1) is 0 Å². The minimum absolute atomic E-state index is 0.0912. The Morgan fingerprint density at radius 3 is 2.33 bits per heavy atom. The van der Waals surface area contributed by atoms with E-state index in [2.05, 4.69) is 20.8 Å². The van der Waals surface area contributed by atoms with Crippen molar-refractivity contribution < 1.29 is 23.8 Å². The molecule has 5 heteroatoms. The number of ether oxygens (including phenoxy) is 3. The van der Waals surface area contributed by atoms with Crippen LogP contribution in [-0.4, -0.2) is 31.3 Å². The molecule has 150 valence electrons. The first-order valence-electron chi connectivity index (χ1n) is 9.80. The fraction of sp³-hybridized carbons (Fsp3) is 0.636. The highest BCUT2D eigenvalue weighted by atomic mass is 16.6. The standard InChI is InChI=1S/C22H32O5/c1-14(2)19-7-6-15(3)11-20(19)27-22(24)13-26-21(23)12-25-18-9-16(4)8-17(5)10-18/h8-10,14-15,19-20H,6-7,11-13H2,1-5H3/t15-,19+,20+/m1/s1. The van der Waals surface area contributed by atoms with Crippen molar-refractivity contribution in [3.05, 3.63) is 29.3 Å². The Balaban J connectivity index is 1.76. The lowest BCUT2D eigenvalue weighted by atomic mass is 9.75. The van der Waals surface area contributed by atoms with Crippen molar-refractivity contribution in [1.29, 1.82) is 0 Å². The fourth-order valence-corrected chi connectivity index (χ4v) is 3.79. The highest BCUT2D eigenvalue weighted by Gasteiger charge is 2.33. The minimum Gasteiger partial charge on any atom is -0.482 e. The molecular formula is C22H32O5. The molecule has 2 rings (SSSR count). The third-order valence-corrected chi connectivity index (χ3v) is 5.15. The molecule has 0 amide bonds. The van der Waals surface area contributed by atoms with Crippen molar-refractivity contribution in [2.75, 3.05) is 13.2 Å². The first-order valence-corrected chi connectivity index (χ1v) is 9.80. The summed E-state index contributed by atoms with van der Waals surface area (Å²) < 4.78 is 16.1. The van der Waals surface area contributed by atoms with Crippen LogP contribution in [0.1, 0.15) is 51.2 Å². The van der Waals surface area contributed by atoms with Gasteiger partial charge in [-0.1, -0.05) is 33.3 Å². The normalized spacial score (nSPS) is 22.4. The number of hydrogen-bond donors (Lipinski definition) is 0. The molecule has 0 N–H and O–H groups in total. The van der Waals surface area contributed by atoms with Gasteiger partial charge in [-0.25, -0.2) is 9.59 Å². The predicted octanol–water partition coefficient (Wildman–Crippen LogP) is 4.23. The quantitative estimate of drug-likeness (QED) is 0.667. The maximum absolute atomic E-state index is 12.1. The zero-order chi connectivity index (χ0) is 20.0. The molecule has 3 atom stereocenters. The molecule has 0 bridgehead atoms. The Labute approximate surface area is 162 Å². The minimum atomic E-state index is -0.580. The molecule has 1 aromatic rings. The van der Waals surface area contributed by atoms with Crippen LogP contribution >= 0.6 is 0 Å². The van der Waals surface area contributed by atoms with Gasteiger partial charge in [-0.2, -0.15) is 0 Å². The monoisotopic (exact) mass is 376 g/mol. The Hall–Kier alpha value is -2.04. The summed E-state index contributed by atoms with van der Waals surface area (Å²) in [5.74, 6) is 0.926. The third kappa shape index (κ3) is 6.89. The average molecular weight is 376 g/mol. The van der Waals surface area contributed by atoms with Crippen LogP contribution in [0, 0.1) is 31.6 Å². The molecule has 0 aliphatic heterocycles. The second-order valence-corrected chi connectivity index (χ2v) is 8.13. The smallest absolute Gasteiger partial charge is 0.344 e. The molecule has 27 heavy (non-hydrogen) atoms. The lowest BCUT2D eigenvalue weighted by Crippen LogP contribution is -2.37. The maximum Gasteiger partial charge on any atom is 0.344 e. The van der Waals surface area contributed by atoms with E-state index in [0.717, 1.165) is 24.0 Å². The van der Waals surface area contributed by atoms with Gasteiger partial charge in [-0.15, -0.1) is 0 Å². The molecular weight excluding hydrogens is 344 g/mol. The molecule has 5 nitrogen and oxygen atoms in total. The molecule has 0 spiro atoms. The zero-order valence-electron chi connectivity index (χ0n) is 17.1. The summed E-state index contributed by atoms with van der Waals surface area (Å²) in [5, 5.41) is 0. The highest BCUT2D eigenvalue weighted by Crippen LogP contribution is 2.35. The van der Waals surface area contributed by atoms with E-state index >= 15 is 0 Å². The molecule has 1 aliphatic rings. The van der Waals surface area contributed by atoms with E-state index in [1.807, 2.05) is 32.0 Å². The van der Waals surface area contributed by atoms with Crippen molar-refractivity contribution in [3.8, 4) is 5.75 Å². The predicted molar refractivity (Wildman–Crippen MR) is 104 cm³/mol. The van der Waals surface area contributed by atoms with Gasteiger partial charge >= 0.3 is 11.9 Å². The maximum atomic E-state index is 12.1. The summed E-state index contributed by atoms with van der Waals surface area (Å²) in [6.45, 7) is 9.82. The average Bonchev–Trinajstić information content (AvgIpc) is 2.57. The van der Waals surface area contributed by atoms with Crippen LogP contribution in [0.3, 0.4) is 0 Å². The molecule has 1 fully saturated rings. The van der Waals surface area contributed by atoms with Crippen LogP contribution in [0.5, 0.6) is 5.75 Å². The van der Waals surface area contributed by atoms with Gasteiger partial charge in [-0.05, 0) is 67.7 Å². The molecule has 1 saturated carbocycles. The second kappa shape index (κ2) is 9.77. The Morgan fingerprint density at radius 1 is 1.04 bits per heavy atom. The van der Waals surface area contributed by atoms with Crippen molar-refractivity contribution in [3.63, 3.8) is 0 Å². The topological polar surface area (TPSA) is 61.8 Å². The zero-order valence-corrected chi connectivity index (χ0v) is 17.1. The Kier molecular flexibility index (Phi) is 7.69. The van der Waals surface area contributed by atoms with Crippen molar-refractivity contribution >= 4 is 11.9 Å². The molecule has 0 heterocycles. The summed E-state index contributed by atoms with van der Waals surface area (Å²) in [6.07, 6.45) is 3.02. The molecule has 0 unspecified atom stereocenters. The summed E-state index contributed by atoms with van der Waals surface area (Å²) in [6, 6.07) is 5.73. The molecule has 0 saturated heterocycles. The van der Waals surface area contributed by atoms with Crippen LogP contribution in [-0.2, 0) is 19.1 Å². The van der Waals surface area contributed by atoms with E-state index in [0.29, 0.717) is 23.5 Å². The van der Waals surface area contributed by atoms with Gasteiger partial charge in [0.15, 0.2) is 13.2 Å². The van der Waals surface area contributed by atoms with Gasteiger partial charge in [-0.3, -0.25) is 0 Å². The van der Waals surface area contributed by atoms with E-state index in [-0.39, 0.29) is 19.3 Å². The van der Waals surface area contributed by atoms with E-state index < -0.39 is 11.9 Å². The first-order chi connectivity index (χ1) is 12.7. The van der Waals surface area contributed by atoms with E-state index in [1.54, 1.807) is 0 Å². The number of esters is 2. The Bertz CT molecular complexity index is 632. The van der Waals surface area contributed by atoms with Crippen LogP contribution in [0.15, 0.2) is 18.2 Å². The lowest BCUT2D eigenvalue weighted by Gasteiger charge is -2.36. The van der Waals surface area contributed by atoms with Crippen LogP contribution < -0.4 is 4.74 Å². The SMILES string of the molecule is Cc1cc(C)cc(OCC(=O)OCC(=O)O[C@H]2C[C@H](C)CC[C@H]2C(C)C)c1. The fourth-order valence-electron chi connectivity index (χ4n) is 3.79. The molecule has 1 aliphatic carbocycles. The first kappa shape index (κ1) is 21.3. The summed E-state index contributed by atoms with van der Waals surface area (Å²) >= 11 is 0. The lowest BCUT2D eigenvalue weighted by molar-refractivity contribution is -0.167. The van der Waals surface area contributed by atoms with Crippen molar-refractivity contribution in [2.45, 2.75) is 60.0 Å². The Morgan fingerprint density at radius 2 is 1.70 bits per heavy atom. The number of benzene rings is 1. The molecule has 0 radical (unpaired) electrons. The summed E-state index contributed by atoms with van der Waals surface area (Å²) in [5.41, 5.74) is 2.12.